The van der Waals surface area contributed by atoms with Gasteiger partial charge < -0.3 is 15.0 Å². The largest absolute Gasteiger partial charge is 0.465 e. The first kappa shape index (κ1) is 23.3. The van der Waals surface area contributed by atoms with Crippen molar-refractivity contribution in [3.63, 3.8) is 0 Å². The third-order valence-corrected chi connectivity index (χ3v) is 5.86. The second kappa shape index (κ2) is 11.3. The predicted molar refractivity (Wildman–Crippen MR) is 136 cm³/mol. The summed E-state index contributed by atoms with van der Waals surface area (Å²) in [5, 5.41) is 2.96. The number of hydrogen-bond donors (Lipinski definition) is 1. The molecule has 1 aliphatic heterocycles. The van der Waals surface area contributed by atoms with E-state index in [0.29, 0.717) is 11.3 Å². The molecule has 0 spiro atoms. The molecular weight excluding hydrogens is 426 g/mol. The lowest BCUT2D eigenvalue weighted by Gasteiger charge is -2.37. The first-order valence-electron chi connectivity index (χ1n) is 11.4. The van der Waals surface area contributed by atoms with Gasteiger partial charge in [0.2, 0.25) is 5.91 Å². The van der Waals surface area contributed by atoms with Crippen molar-refractivity contribution in [2.24, 2.45) is 0 Å². The highest BCUT2D eigenvalue weighted by Gasteiger charge is 2.21. The predicted octanol–water partition coefficient (Wildman–Crippen LogP) is 4.45. The fourth-order valence-electron chi connectivity index (χ4n) is 4.06. The minimum Gasteiger partial charge on any atom is -0.465 e. The molecule has 34 heavy (non-hydrogen) atoms. The lowest BCUT2D eigenvalue weighted by atomic mass is 10.1. The van der Waals surface area contributed by atoms with E-state index < -0.39 is 5.97 Å². The summed E-state index contributed by atoms with van der Waals surface area (Å²) in [6, 6.07) is 25.4. The van der Waals surface area contributed by atoms with Crippen LogP contribution in [0.25, 0.3) is 6.08 Å². The summed E-state index contributed by atoms with van der Waals surface area (Å²) >= 11 is 0. The molecule has 1 amide bonds. The summed E-state index contributed by atoms with van der Waals surface area (Å²) in [4.78, 5) is 29.5. The van der Waals surface area contributed by atoms with Gasteiger partial charge in [0.25, 0.3) is 0 Å². The van der Waals surface area contributed by atoms with E-state index in [-0.39, 0.29) is 5.91 Å². The number of benzene rings is 3. The third kappa shape index (κ3) is 6.11. The molecule has 1 aliphatic rings. The normalized spacial score (nSPS) is 14.2. The van der Waals surface area contributed by atoms with Gasteiger partial charge in [0.05, 0.1) is 24.0 Å². The monoisotopic (exact) mass is 455 g/mol. The van der Waals surface area contributed by atoms with Gasteiger partial charge in [-0.3, -0.25) is 9.69 Å². The number of anilines is 2. The van der Waals surface area contributed by atoms with Crippen molar-refractivity contribution in [2.45, 2.75) is 6.54 Å². The van der Waals surface area contributed by atoms with Gasteiger partial charge in [-0.2, -0.15) is 0 Å². The van der Waals surface area contributed by atoms with Crippen molar-refractivity contribution in [3.8, 4) is 0 Å². The number of hydrogen-bond acceptors (Lipinski definition) is 5. The molecule has 0 aromatic heterocycles. The van der Waals surface area contributed by atoms with Crippen molar-refractivity contribution >= 4 is 29.3 Å². The Labute approximate surface area is 200 Å². The molecule has 0 radical (unpaired) electrons. The highest BCUT2D eigenvalue weighted by molar-refractivity contribution is 6.05. The van der Waals surface area contributed by atoms with E-state index >= 15 is 0 Å². The van der Waals surface area contributed by atoms with Crippen LogP contribution in [0.4, 0.5) is 11.4 Å². The number of nitrogens with zero attached hydrogens (tertiary/aromatic N) is 2. The molecular formula is C28H29N3O3. The average Bonchev–Trinajstić information content (AvgIpc) is 2.89. The number of ether oxygens (including phenoxy) is 1. The Morgan fingerprint density at radius 3 is 2.26 bits per heavy atom. The molecule has 6 heteroatoms. The smallest absolute Gasteiger partial charge is 0.337 e. The van der Waals surface area contributed by atoms with Gasteiger partial charge in [0.15, 0.2) is 0 Å². The standard InChI is InChI=1S/C28H29N3O3/c1-34-28(33)24-13-14-26(25(20-24)29-27(32)15-12-22-8-4-2-5-9-22)31-18-16-30(17-19-31)21-23-10-6-3-7-11-23/h2-15,20H,16-19,21H2,1H3,(H,29,32)/b15-12+. The zero-order valence-corrected chi connectivity index (χ0v) is 19.3. The Hall–Kier alpha value is -3.90. The number of amides is 1. The number of rotatable bonds is 7. The fourth-order valence-corrected chi connectivity index (χ4v) is 4.06. The summed E-state index contributed by atoms with van der Waals surface area (Å²) in [5.74, 6) is -0.690. The van der Waals surface area contributed by atoms with Crippen LogP contribution in [0.3, 0.4) is 0 Å². The molecule has 4 rings (SSSR count). The van der Waals surface area contributed by atoms with E-state index in [1.165, 1.54) is 18.7 Å². The average molecular weight is 456 g/mol. The van der Waals surface area contributed by atoms with Crippen LogP contribution in [0.5, 0.6) is 0 Å². The Bertz CT molecular complexity index is 1140. The summed E-state index contributed by atoms with van der Waals surface area (Å²) in [5.41, 5.74) is 4.14. The van der Waals surface area contributed by atoms with Crippen LogP contribution in [0.15, 0.2) is 84.9 Å². The van der Waals surface area contributed by atoms with Gasteiger partial charge in [0, 0.05) is 38.8 Å². The Kier molecular flexibility index (Phi) is 7.73. The molecule has 1 heterocycles. The second-order valence-electron chi connectivity index (χ2n) is 8.21. The van der Waals surface area contributed by atoms with Gasteiger partial charge in [0.1, 0.15) is 0 Å². The van der Waals surface area contributed by atoms with Crippen LogP contribution >= 0.6 is 0 Å². The summed E-state index contributed by atoms with van der Waals surface area (Å²) in [6.45, 7) is 4.40. The van der Waals surface area contributed by atoms with Gasteiger partial charge in [-0.25, -0.2) is 4.79 Å². The van der Waals surface area contributed by atoms with Crippen LogP contribution in [0, 0.1) is 0 Å². The van der Waals surface area contributed by atoms with Crippen molar-refractivity contribution in [1.82, 2.24) is 4.90 Å². The highest BCUT2D eigenvalue weighted by atomic mass is 16.5. The number of nitrogens with one attached hydrogen (secondary N) is 1. The van der Waals surface area contributed by atoms with Crippen molar-refractivity contribution < 1.29 is 14.3 Å². The van der Waals surface area contributed by atoms with E-state index in [1.54, 1.807) is 18.2 Å². The minimum absolute atomic E-state index is 0.255. The van der Waals surface area contributed by atoms with E-state index in [0.717, 1.165) is 44.0 Å². The van der Waals surface area contributed by atoms with E-state index in [4.69, 9.17) is 4.74 Å². The first-order chi connectivity index (χ1) is 16.6. The maximum atomic E-state index is 12.7. The van der Waals surface area contributed by atoms with Gasteiger partial charge >= 0.3 is 5.97 Å². The minimum atomic E-state index is -0.436. The van der Waals surface area contributed by atoms with E-state index in [2.05, 4.69) is 39.4 Å². The maximum absolute atomic E-state index is 12.7. The molecule has 0 unspecified atom stereocenters. The Morgan fingerprint density at radius 1 is 0.912 bits per heavy atom. The molecule has 1 fully saturated rings. The van der Waals surface area contributed by atoms with Gasteiger partial charge in [-0.05, 0) is 35.4 Å². The first-order valence-corrected chi connectivity index (χ1v) is 11.4. The topological polar surface area (TPSA) is 61.9 Å². The van der Waals surface area contributed by atoms with Gasteiger partial charge in [-0.1, -0.05) is 60.7 Å². The van der Waals surface area contributed by atoms with Crippen LogP contribution in [-0.4, -0.2) is 50.1 Å². The van der Waals surface area contributed by atoms with Crippen molar-refractivity contribution in [3.05, 3.63) is 102 Å². The number of piperazine rings is 1. The molecule has 1 N–H and O–H groups in total. The van der Waals surface area contributed by atoms with Crippen LogP contribution in [0.2, 0.25) is 0 Å². The van der Waals surface area contributed by atoms with Crippen molar-refractivity contribution in [1.29, 1.82) is 0 Å². The molecule has 0 atom stereocenters. The molecule has 0 aliphatic carbocycles. The van der Waals surface area contributed by atoms with Crippen LogP contribution in [0.1, 0.15) is 21.5 Å². The lowest BCUT2D eigenvalue weighted by Crippen LogP contribution is -2.46. The Morgan fingerprint density at radius 2 is 1.59 bits per heavy atom. The molecule has 0 bridgehead atoms. The molecule has 1 saturated heterocycles. The molecule has 3 aromatic rings. The second-order valence-corrected chi connectivity index (χ2v) is 8.21. The SMILES string of the molecule is COC(=O)c1ccc(N2CCN(Cc3ccccc3)CC2)c(NC(=O)/C=C/c2ccccc2)c1. The molecule has 6 nitrogen and oxygen atoms in total. The van der Waals surface area contributed by atoms with E-state index in [9.17, 15) is 9.59 Å². The molecule has 174 valence electrons. The molecule has 3 aromatic carbocycles. The number of carbonyl (C=O) groups is 2. The highest BCUT2D eigenvalue weighted by Crippen LogP contribution is 2.29. The van der Waals surface area contributed by atoms with E-state index in [1.807, 2.05) is 42.5 Å². The van der Waals surface area contributed by atoms with Crippen LogP contribution in [-0.2, 0) is 16.1 Å². The fraction of sp³-hybridized carbons (Fsp3) is 0.214. The number of carbonyl (C=O) groups excluding carboxylic acids is 2. The molecule has 0 saturated carbocycles. The summed E-state index contributed by atoms with van der Waals surface area (Å²) in [7, 11) is 1.35. The third-order valence-electron chi connectivity index (χ3n) is 5.86. The van der Waals surface area contributed by atoms with Crippen molar-refractivity contribution in [2.75, 3.05) is 43.5 Å². The lowest BCUT2D eigenvalue weighted by molar-refractivity contribution is -0.111. The van der Waals surface area contributed by atoms with Gasteiger partial charge in [-0.15, -0.1) is 0 Å². The zero-order valence-electron chi connectivity index (χ0n) is 19.3. The van der Waals surface area contributed by atoms with Crippen LogP contribution < -0.4 is 10.2 Å². The number of esters is 1. The Balaban J connectivity index is 1.47. The summed E-state index contributed by atoms with van der Waals surface area (Å²) < 4.78 is 4.87. The summed E-state index contributed by atoms with van der Waals surface area (Å²) in [6.07, 6.45) is 3.27. The quantitative estimate of drug-likeness (QED) is 0.421. The number of methoxy groups -OCH3 is 1. The maximum Gasteiger partial charge on any atom is 0.337 e. The zero-order chi connectivity index (χ0) is 23.8.